The van der Waals surface area contributed by atoms with Crippen molar-refractivity contribution in [3.8, 4) is 5.75 Å². The zero-order chi connectivity index (χ0) is 19.4. The SMILES string of the molecule is COc1ccc2c(CC(=O)OCC(=O)Nc3cc(Cl)ccc3F)coc2c1. The van der Waals surface area contributed by atoms with E-state index < -0.39 is 24.3 Å². The number of hydrogen-bond acceptors (Lipinski definition) is 5. The van der Waals surface area contributed by atoms with Crippen molar-refractivity contribution >= 4 is 40.1 Å². The maximum absolute atomic E-state index is 13.6. The third-order valence-corrected chi connectivity index (χ3v) is 4.00. The Labute approximate surface area is 158 Å². The first kappa shape index (κ1) is 18.7. The molecule has 0 radical (unpaired) electrons. The molecule has 0 bridgehead atoms. The van der Waals surface area contributed by atoms with Gasteiger partial charge >= 0.3 is 5.97 Å². The number of furan rings is 1. The van der Waals surface area contributed by atoms with Gasteiger partial charge in [0.25, 0.3) is 5.91 Å². The molecule has 0 saturated carbocycles. The van der Waals surface area contributed by atoms with Crippen LogP contribution in [0.5, 0.6) is 5.75 Å². The number of methoxy groups -OCH3 is 1. The second-order valence-electron chi connectivity index (χ2n) is 5.63. The number of benzene rings is 2. The van der Waals surface area contributed by atoms with E-state index in [9.17, 15) is 14.0 Å². The molecule has 1 heterocycles. The number of rotatable bonds is 6. The van der Waals surface area contributed by atoms with E-state index in [0.717, 1.165) is 11.5 Å². The molecule has 8 heteroatoms. The molecule has 6 nitrogen and oxygen atoms in total. The quantitative estimate of drug-likeness (QED) is 0.643. The van der Waals surface area contributed by atoms with Gasteiger partial charge in [-0.3, -0.25) is 9.59 Å². The van der Waals surface area contributed by atoms with Gasteiger partial charge < -0.3 is 19.2 Å². The van der Waals surface area contributed by atoms with Crippen LogP contribution in [-0.4, -0.2) is 25.6 Å². The fourth-order valence-electron chi connectivity index (χ4n) is 2.46. The van der Waals surface area contributed by atoms with Crippen molar-refractivity contribution in [2.75, 3.05) is 19.0 Å². The number of nitrogens with one attached hydrogen (secondary N) is 1. The molecular weight excluding hydrogens is 377 g/mol. The topological polar surface area (TPSA) is 77.8 Å². The number of fused-ring (bicyclic) bond motifs is 1. The van der Waals surface area contributed by atoms with Crippen LogP contribution < -0.4 is 10.1 Å². The molecule has 0 saturated heterocycles. The summed E-state index contributed by atoms with van der Waals surface area (Å²) in [6.07, 6.45) is 1.38. The molecule has 0 spiro atoms. The number of halogens is 2. The number of carbonyl (C=O) groups is 2. The lowest BCUT2D eigenvalue weighted by molar-refractivity contribution is -0.146. The molecule has 3 rings (SSSR count). The van der Waals surface area contributed by atoms with Gasteiger partial charge in [-0.1, -0.05) is 11.6 Å². The molecule has 140 valence electrons. The minimum atomic E-state index is -0.675. The number of carbonyl (C=O) groups excluding carboxylic acids is 2. The van der Waals surface area contributed by atoms with E-state index in [0.29, 0.717) is 16.9 Å². The highest BCUT2D eigenvalue weighted by molar-refractivity contribution is 6.30. The van der Waals surface area contributed by atoms with Gasteiger partial charge in [0, 0.05) is 22.0 Å². The minimum absolute atomic E-state index is 0.0713. The fraction of sp³-hybridized carbons (Fsp3) is 0.158. The molecule has 1 amide bonds. The van der Waals surface area contributed by atoms with Crippen molar-refractivity contribution in [2.24, 2.45) is 0 Å². The first-order valence-corrected chi connectivity index (χ1v) is 8.28. The largest absolute Gasteiger partial charge is 0.497 e. The van der Waals surface area contributed by atoms with E-state index in [1.807, 2.05) is 0 Å². The molecule has 1 N–H and O–H groups in total. The minimum Gasteiger partial charge on any atom is -0.497 e. The Kier molecular flexibility index (Phi) is 5.61. The van der Waals surface area contributed by atoms with Crippen molar-refractivity contribution in [1.82, 2.24) is 0 Å². The zero-order valence-corrected chi connectivity index (χ0v) is 15.0. The monoisotopic (exact) mass is 391 g/mol. The molecule has 3 aromatic rings. The summed E-state index contributed by atoms with van der Waals surface area (Å²) in [5.41, 5.74) is 1.11. The normalized spacial score (nSPS) is 10.6. The maximum Gasteiger partial charge on any atom is 0.310 e. The van der Waals surface area contributed by atoms with Gasteiger partial charge in [0.2, 0.25) is 0 Å². The standard InChI is InChI=1S/C19H15ClFNO5/c1-25-13-3-4-14-11(9-26-17(14)8-13)6-19(24)27-10-18(23)22-16-7-12(20)2-5-15(16)21/h2-5,7-9H,6,10H2,1H3,(H,22,23). The summed E-state index contributed by atoms with van der Waals surface area (Å²) in [6.45, 7) is -0.547. The average molecular weight is 392 g/mol. The first-order chi connectivity index (χ1) is 13.0. The van der Waals surface area contributed by atoms with Crippen LogP contribution in [0.2, 0.25) is 5.02 Å². The Morgan fingerprint density at radius 1 is 1.22 bits per heavy atom. The van der Waals surface area contributed by atoms with Crippen molar-refractivity contribution in [3.05, 3.63) is 59.1 Å². The van der Waals surface area contributed by atoms with Gasteiger partial charge in [0.05, 0.1) is 25.5 Å². The summed E-state index contributed by atoms with van der Waals surface area (Å²) in [5, 5.41) is 3.32. The number of esters is 1. The molecule has 0 aliphatic rings. The molecule has 0 fully saturated rings. The predicted molar refractivity (Wildman–Crippen MR) is 97.5 cm³/mol. The lowest BCUT2D eigenvalue weighted by Gasteiger charge is -2.07. The predicted octanol–water partition coefficient (Wildman–Crippen LogP) is 3.96. The smallest absolute Gasteiger partial charge is 0.310 e. The van der Waals surface area contributed by atoms with Crippen molar-refractivity contribution in [2.45, 2.75) is 6.42 Å². The maximum atomic E-state index is 13.6. The second-order valence-corrected chi connectivity index (χ2v) is 6.07. The van der Waals surface area contributed by atoms with E-state index in [1.165, 1.54) is 18.4 Å². The Balaban J connectivity index is 1.56. The third kappa shape index (κ3) is 4.57. The van der Waals surface area contributed by atoms with E-state index in [4.69, 9.17) is 25.5 Å². The van der Waals surface area contributed by atoms with Crippen molar-refractivity contribution < 1.29 is 27.9 Å². The van der Waals surface area contributed by atoms with Crippen LogP contribution in [0.3, 0.4) is 0 Å². The lowest BCUT2D eigenvalue weighted by atomic mass is 10.1. The van der Waals surface area contributed by atoms with Gasteiger partial charge in [-0.25, -0.2) is 4.39 Å². The lowest BCUT2D eigenvalue weighted by Crippen LogP contribution is -2.22. The Hall–Kier alpha value is -3.06. The van der Waals surface area contributed by atoms with Crippen LogP contribution in [0, 0.1) is 5.82 Å². The highest BCUT2D eigenvalue weighted by Gasteiger charge is 2.14. The van der Waals surface area contributed by atoms with Crippen molar-refractivity contribution in [3.63, 3.8) is 0 Å². The van der Waals surface area contributed by atoms with Crippen LogP contribution in [0.4, 0.5) is 10.1 Å². The van der Waals surface area contributed by atoms with E-state index in [1.54, 1.807) is 25.3 Å². The number of anilines is 1. The molecule has 1 aromatic heterocycles. The summed E-state index contributed by atoms with van der Waals surface area (Å²) < 4.78 is 29.0. The Morgan fingerprint density at radius 2 is 2.04 bits per heavy atom. The summed E-state index contributed by atoms with van der Waals surface area (Å²) in [7, 11) is 1.54. The van der Waals surface area contributed by atoms with Crippen molar-refractivity contribution in [1.29, 1.82) is 0 Å². The van der Waals surface area contributed by atoms with Crippen LogP contribution in [0.25, 0.3) is 11.0 Å². The summed E-state index contributed by atoms with van der Waals surface area (Å²) in [6, 6.07) is 8.98. The van der Waals surface area contributed by atoms with Gasteiger partial charge in [0.15, 0.2) is 6.61 Å². The Morgan fingerprint density at radius 3 is 2.81 bits per heavy atom. The number of ether oxygens (including phenoxy) is 2. The number of amides is 1. The van der Waals surface area contributed by atoms with Gasteiger partial charge in [-0.2, -0.15) is 0 Å². The molecule has 0 aliphatic carbocycles. The van der Waals surface area contributed by atoms with E-state index in [2.05, 4.69) is 5.32 Å². The molecule has 0 aliphatic heterocycles. The van der Waals surface area contributed by atoms with Crippen LogP contribution >= 0.6 is 11.6 Å². The second kappa shape index (κ2) is 8.09. The zero-order valence-electron chi connectivity index (χ0n) is 14.3. The summed E-state index contributed by atoms with van der Waals surface area (Å²) in [5.74, 6) is -1.29. The van der Waals surface area contributed by atoms with Crippen LogP contribution in [-0.2, 0) is 20.7 Å². The van der Waals surface area contributed by atoms with Gasteiger partial charge in [0.1, 0.15) is 17.1 Å². The first-order valence-electron chi connectivity index (χ1n) is 7.91. The number of hydrogen-bond donors (Lipinski definition) is 1. The molecule has 2 aromatic carbocycles. The summed E-state index contributed by atoms with van der Waals surface area (Å²) >= 11 is 5.75. The average Bonchev–Trinajstić information content (AvgIpc) is 3.05. The molecule has 0 atom stereocenters. The third-order valence-electron chi connectivity index (χ3n) is 3.76. The highest BCUT2D eigenvalue weighted by atomic mass is 35.5. The van der Waals surface area contributed by atoms with Gasteiger partial charge in [-0.15, -0.1) is 0 Å². The molecular formula is C19H15ClFNO5. The highest BCUT2D eigenvalue weighted by Crippen LogP contribution is 2.26. The molecule has 0 unspecified atom stereocenters. The summed E-state index contributed by atoms with van der Waals surface area (Å²) in [4.78, 5) is 23.8. The van der Waals surface area contributed by atoms with E-state index in [-0.39, 0.29) is 17.1 Å². The molecule has 27 heavy (non-hydrogen) atoms. The fourth-order valence-corrected chi connectivity index (χ4v) is 2.63. The van der Waals surface area contributed by atoms with E-state index >= 15 is 0 Å². The van der Waals surface area contributed by atoms with Crippen LogP contribution in [0.15, 0.2) is 47.1 Å². The Bertz CT molecular complexity index is 1000. The van der Waals surface area contributed by atoms with Gasteiger partial charge in [-0.05, 0) is 30.3 Å². The van der Waals surface area contributed by atoms with Crippen LogP contribution in [0.1, 0.15) is 5.56 Å².